The van der Waals surface area contributed by atoms with E-state index in [9.17, 15) is 4.79 Å². The van der Waals surface area contributed by atoms with Crippen LogP contribution >= 0.6 is 0 Å². The van der Waals surface area contributed by atoms with Crippen LogP contribution in [0.25, 0.3) is 11.0 Å². The zero-order valence-electron chi connectivity index (χ0n) is 15.0. The number of nitrogens with one attached hydrogen (secondary N) is 1. The van der Waals surface area contributed by atoms with Crippen molar-refractivity contribution in [3.63, 3.8) is 0 Å². The molecule has 1 amide bonds. The molecule has 0 radical (unpaired) electrons. The van der Waals surface area contributed by atoms with Gasteiger partial charge in [-0.25, -0.2) is 15.0 Å². The van der Waals surface area contributed by atoms with E-state index in [0.29, 0.717) is 17.7 Å². The maximum Gasteiger partial charge on any atom is 0.225 e. The highest BCUT2D eigenvalue weighted by Gasteiger charge is 2.35. The van der Waals surface area contributed by atoms with E-state index >= 15 is 0 Å². The van der Waals surface area contributed by atoms with Crippen LogP contribution in [-0.2, 0) is 4.79 Å². The summed E-state index contributed by atoms with van der Waals surface area (Å²) in [4.78, 5) is 27.6. The first-order valence-corrected chi connectivity index (χ1v) is 9.23. The topological polar surface area (TPSA) is 71.0 Å². The largest absolute Gasteiger partial charge is 0.369 e. The predicted molar refractivity (Wildman–Crippen MR) is 97.3 cm³/mol. The standard InChI is InChI=1S/C19H25N5O/c1-12-8-13(2)23-18-16(12)17(21-11-22-18)20-9-14-4-3-7-24(10-14)19(25)15-5-6-15/h8,11,14-15H,3-7,9-10H2,1-2H3,(H,20,21,22,23)/t14-/m1/s1. The molecule has 1 aliphatic heterocycles. The number of hydrogen-bond donors (Lipinski definition) is 1. The molecule has 0 bridgehead atoms. The second-order valence-electron chi connectivity index (χ2n) is 7.45. The third-order valence-corrected chi connectivity index (χ3v) is 5.24. The summed E-state index contributed by atoms with van der Waals surface area (Å²) >= 11 is 0. The van der Waals surface area contributed by atoms with E-state index in [1.54, 1.807) is 6.33 Å². The van der Waals surface area contributed by atoms with E-state index < -0.39 is 0 Å². The Balaban J connectivity index is 1.46. The third kappa shape index (κ3) is 3.43. The number of carbonyl (C=O) groups is 1. The Bertz CT molecular complexity index is 802. The lowest BCUT2D eigenvalue weighted by Crippen LogP contribution is -2.42. The molecule has 6 heteroatoms. The van der Waals surface area contributed by atoms with E-state index in [4.69, 9.17) is 0 Å². The number of aryl methyl sites for hydroxylation is 2. The molecule has 0 spiro atoms. The van der Waals surface area contributed by atoms with Gasteiger partial charge in [0.05, 0.1) is 5.39 Å². The van der Waals surface area contributed by atoms with Gasteiger partial charge >= 0.3 is 0 Å². The maximum atomic E-state index is 12.3. The molecule has 25 heavy (non-hydrogen) atoms. The molecule has 1 aliphatic carbocycles. The van der Waals surface area contributed by atoms with Crippen molar-refractivity contribution in [3.8, 4) is 0 Å². The summed E-state index contributed by atoms with van der Waals surface area (Å²) in [5.41, 5.74) is 2.85. The van der Waals surface area contributed by atoms with Crippen molar-refractivity contribution >= 4 is 22.8 Å². The molecule has 2 aromatic heterocycles. The van der Waals surface area contributed by atoms with Crippen molar-refractivity contribution in [1.29, 1.82) is 0 Å². The van der Waals surface area contributed by atoms with Gasteiger partial charge in [-0.3, -0.25) is 4.79 Å². The Morgan fingerprint density at radius 2 is 2.12 bits per heavy atom. The van der Waals surface area contributed by atoms with E-state index in [0.717, 1.165) is 73.4 Å². The second kappa shape index (κ2) is 6.58. The van der Waals surface area contributed by atoms with Gasteiger partial charge in [0.15, 0.2) is 5.65 Å². The van der Waals surface area contributed by atoms with Crippen LogP contribution in [0.5, 0.6) is 0 Å². The Labute approximate surface area is 148 Å². The molecule has 1 N–H and O–H groups in total. The fraction of sp³-hybridized carbons (Fsp3) is 0.579. The summed E-state index contributed by atoms with van der Waals surface area (Å²) in [7, 11) is 0. The normalized spacial score (nSPS) is 20.7. The number of piperidine rings is 1. The first-order valence-electron chi connectivity index (χ1n) is 9.23. The summed E-state index contributed by atoms with van der Waals surface area (Å²) in [5, 5.41) is 4.49. The van der Waals surface area contributed by atoms with Gasteiger partial charge in [-0.15, -0.1) is 0 Å². The highest BCUT2D eigenvalue weighted by atomic mass is 16.2. The molecule has 4 rings (SSSR count). The molecule has 1 saturated heterocycles. The van der Waals surface area contributed by atoms with Crippen LogP contribution in [0.2, 0.25) is 0 Å². The number of fused-ring (bicyclic) bond motifs is 1. The predicted octanol–water partition coefficient (Wildman–Crippen LogP) is 2.70. The number of aromatic nitrogens is 3. The third-order valence-electron chi connectivity index (χ3n) is 5.24. The summed E-state index contributed by atoms with van der Waals surface area (Å²) in [6.45, 7) is 6.66. The first kappa shape index (κ1) is 16.2. The van der Waals surface area contributed by atoms with Gasteiger partial charge in [0.2, 0.25) is 5.91 Å². The second-order valence-corrected chi connectivity index (χ2v) is 7.45. The van der Waals surface area contributed by atoms with Gasteiger partial charge in [0.1, 0.15) is 12.1 Å². The lowest BCUT2D eigenvalue weighted by Gasteiger charge is -2.33. The van der Waals surface area contributed by atoms with E-state index in [-0.39, 0.29) is 0 Å². The van der Waals surface area contributed by atoms with Crippen molar-refractivity contribution in [1.82, 2.24) is 19.9 Å². The van der Waals surface area contributed by atoms with Crippen molar-refractivity contribution in [3.05, 3.63) is 23.7 Å². The van der Waals surface area contributed by atoms with E-state index in [1.807, 2.05) is 6.92 Å². The molecular formula is C19H25N5O. The van der Waals surface area contributed by atoms with E-state index in [2.05, 4.69) is 38.2 Å². The minimum absolute atomic E-state index is 0.314. The summed E-state index contributed by atoms with van der Waals surface area (Å²) in [6.07, 6.45) is 5.98. The fourth-order valence-corrected chi connectivity index (χ4v) is 3.80. The van der Waals surface area contributed by atoms with Crippen molar-refractivity contribution in [2.75, 3.05) is 25.0 Å². The highest BCUT2D eigenvalue weighted by Crippen LogP contribution is 2.32. The minimum Gasteiger partial charge on any atom is -0.369 e. The molecule has 1 saturated carbocycles. The van der Waals surface area contributed by atoms with Gasteiger partial charge in [-0.05, 0) is 57.1 Å². The van der Waals surface area contributed by atoms with Gasteiger partial charge in [-0.2, -0.15) is 0 Å². The average molecular weight is 339 g/mol. The lowest BCUT2D eigenvalue weighted by molar-refractivity contribution is -0.134. The summed E-state index contributed by atoms with van der Waals surface area (Å²) in [6, 6.07) is 2.06. The molecule has 6 nitrogen and oxygen atoms in total. The van der Waals surface area contributed by atoms with Gasteiger partial charge in [-0.1, -0.05) is 0 Å². The molecule has 132 valence electrons. The summed E-state index contributed by atoms with van der Waals surface area (Å²) < 4.78 is 0. The number of rotatable bonds is 4. The molecule has 2 aliphatic rings. The first-order chi connectivity index (χ1) is 12.1. The number of carbonyl (C=O) groups excluding carboxylic acids is 1. The zero-order valence-corrected chi connectivity index (χ0v) is 15.0. The Morgan fingerprint density at radius 3 is 2.92 bits per heavy atom. The van der Waals surface area contributed by atoms with Crippen LogP contribution in [0.1, 0.15) is 36.9 Å². The average Bonchev–Trinajstić information content (AvgIpc) is 3.44. The smallest absolute Gasteiger partial charge is 0.225 e. The number of hydrogen-bond acceptors (Lipinski definition) is 5. The molecule has 3 heterocycles. The lowest BCUT2D eigenvalue weighted by atomic mass is 9.97. The molecular weight excluding hydrogens is 314 g/mol. The van der Waals surface area contributed by atoms with Gasteiger partial charge < -0.3 is 10.2 Å². The monoisotopic (exact) mass is 339 g/mol. The fourth-order valence-electron chi connectivity index (χ4n) is 3.80. The van der Waals surface area contributed by atoms with Crippen molar-refractivity contribution in [2.24, 2.45) is 11.8 Å². The van der Waals surface area contributed by atoms with Crippen LogP contribution in [-0.4, -0.2) is 45.4 Å². The van der Waals surface area contributed by atoms with Gasteiger partial charge in [0, 0.05) is 31.2 Å². The number of likely N-dealkylation sites (tertiary alicyclic amines) is 1. The molecule has 2 fully saturated rings. The summed E-state index contributed by atoms with van der Waals surface area (Å²) in [5.74, 6) is 2.00. The Morgan fingerprint density at radius 1 is 1.28 bits per heavy atom. The zero-order chi connectivity index (χ0) is 17.4. The number of pyridine rings is 1. The van der Waals surface area contributed by atoms with Crippen LogP contribution in [0.3, 0.4) is 0 Å². The quantitative estimate of drug-likeness (QED) is 0.927. The molecule has 0 aromatic carbocycles. The Hall–Kier alpha value is -2.24. The Kier molecular flexibility index (Phi) is 4.27. The van der Waals surface area contributed by atoms with Crippen molar-refractivity contribution in [2.45, 2.75) is 39.5 Å². The van der Waals surface area contributed by atoms with Crippen LogP contribution in [0, 0.1) is 25.7 Å². The number of anilines is 1. The minimum atomic E-state index is 0.314. The van der Waals surface area contributed by atoms with Gasteiger partial charge in [0.25, 0.3) is 0 Å². The molecule has 2 aromatic rings. The molecule has 0 unspecified atom stereocenters. The van der Waals surface area contributed by atoms with E-state index in [1.165, 1.54) is 0 Å². The van der Waals surface area contributed by atoms with Crippen LogP contribution in [0.4, 0.5) is 5.82 Å². The SMILES string of the molecule is Cc1cc(C)c2c(NC[C@H]3CCCN(C(=O)C4CC4)C3)ncnc2n1. The number of nitrogens with zero attached hydrogens (tertiary/aromatic N) is 4. The van der Waals surface area contributed by atoms with Crippen molar-refractivity contribution < 1.29 is 4.79 Å². The van der Waals surface area contributed by atoms with Crippen LogP contribution < -0.4 is 5.32 Å². The number of amides is 1. The maximum absolute atomic E-state index is 12.3. The van der Waals surface area contributed by atoms with Crippen LogP contribution in [0.15, 0.2) is 12.4 Å². The molecule has 1 atom stereocenters. The highest BCUT2D eigenvalue weighted by molar-refractivity contribution is 5.89.